The number of esters is 2. The second-order valence-corrected chi connectivity index (χ2v) is 6.93. The molecule has 0 radical (unpaired) electrons. The van der Waals surface area contributed by atoms with Crippen molar-refractivity contribution in [1.82, 2.24) is 0 Å². The summed E-state index contributed by atoms with van der Waals surface area (Å²) in [4.78, 5) is 36.6. The second-order valence-electron chi connectivity index (χ2n) is 6.93. The molecule has 1 aliphatic rings. The third kappa shape index (κ3) is 4.82. The van der Waals surface area contributed by atoms with E-state index in [2.05, 4.69) is 10.6 Å². The standard InChI is InChI=1S/C22H22N2O5/c1-4-14-8-5-6-11-18(14)24-19(25)15-9-7-10-16(12-15)23-13-17-20(26)28-22(2,3)29-21(17)27/h5-13,23H,4H2,1-3H3,(H,24,25). The van der Waals surface area contributed by atoms with E-state index in [-0.39, 0.29) is 11.5 Å². The maximum atomic E-state index is 12.6. The van der Waals surface area contributed by atoms with Gasteiger partial charge >= 0.3 is 11.9 Å². The number of rotatable bonds is 5. The largest absolute Gasteiger partial charge is 0.419 e. The molecule has 0 saturated carbocycles. The van der Waals surface area contributed by atoms with Gasteiger partial charge in [-0.25, -0.2) is 9.59 Å². The number of benzene rings is 2. The summed E-state index contributed by atoms with van der Waals surface area (Å²) in [5.41, 5.74) is 2.50. The van der Waals surface area contributed by atoms with Gasteiger partial charge in [-0.05, 0) is 36.2 Å². The number of carbonyl (C=O) groups is 3. The van der Waals surface area contributed by atoms with Crippen LogP contribution in [0.1, 0.15) is 36.7 Å². The van der Waals surface area contributed by atoms with Gasteiger partial charge in [-0.3, -0.25) is 4.79 Å². The van der Waals surface area contributed by atoms with Crippen molar-refractivity contribution < 1.29 is 23.9 Å². The van der Waals surface area contributed by atoms with Crippen LogP contribution in [0.5, 0.6) is 0 Å². The average molecular weight is 394 g/mol. The molecule has 0 aromatic heterocycles. The smallest absolute Gasteiger partial charge is 0.350 e. The third-order valence-corrected chi connectivity index (χ3v) is 4.27. The van der Waals surface area contributed by atoms with E-state index in [9.17, 15) is 14.4 Å². The van der Waals surface area contributed by atoms with Crippen LogP contribution in [0.25, 0.3) is 0 Å². The van der Waals surface area contributed by atoms with Crippen molar-refractivity contribution in [3.05, 3.63) is 71.4 Å². The van der Waals surface area contributed by atoms with Crippen LogP contribution in [-0.4, -0.2) is 23.6 Å². The van der Waals surface area contributed by atoms with Crippen LogP contribution in [0.4, 0.5) is 11.4 Å². The van der Waals surface area contributed by atoms with Crippen LogP contribution < -0.4 is 10.6 Å². The maximum absolute atomic E-state index is 12.6. The Hall–Kier alpha value is -3.61. The lowest BCUT2D eigenvalue weighted by molar-refractivity contribution is -0.222. The van der Waals surface area contributed by atoms with Crippen LogP contribution in [0.3, 0.4) is 0 Å². The van der Waals surface area contributed by atoms with E-state index in [0.29, 0.717) is 11.3 Å². The van der Waals surface area contributed by atoms with Gasteiger partial charge in [-0.2, -0.15) is 0 Å². The van der Waals surface area contributed by atoms with Crippen LogP contribution in [-0.2, 0) is 25.5 Å². The Morgan fingerprint density at radius 2 is 1.72 bits per heavy atom. The summed E-state index contributed by atoms with van der Waals surface area (Å²) in [5.74, 6) is -3.11. The first-order valence-electron chi connectivity index (χ1n) is 9.22. The van der Waals surface area contributed by atoms with Gasteiger partial charge in [0, 0.05) is 37.0 Å². The van der Waals surface area contributed by atoms with E-state index in [4.69, 9.17) is 9.47 Å². The zero-order chi connectivity index (χ0) is 21.0. The summed E-state index contributed by atoms with van der Waals surface area (Å²) in [6.45, 7) is 4.98. The van der Waals surface area contributed by atoms with E-state index >= 15 is 0 Å². The van der Waals surface area contributed by atoms with Gasteiger partial charge in [0.25, 0.3) is 11.7 Å². The highest BCUT2D eigenvalue weighted by Crippen LogP contribution is 2.23. The number of hydrogen-bond donors (Lipinski definition) is 2. The molecule has 0 aliphatic carbocycles. The number of ether oxygens (including phenoxy) is 2. The molecule has 1 amide bonds. The monoisotopic (exact) mass is 394 g/mol. The number of anilines is 2. The normalized spacial score (nSPS) is 15.2. The molecular weight excluding hydrogens is 372 g/mol. The quantitative estimate of drug-likeness (QED) is 0.457. The molecule has 2 aromatic rings. The van der Waals surface area contributed by atoms with Crippen molar-refractivity contribution in [3.63, 3.8) is 0 Å². The SMILES string of the molecule is CCc1ccccc1NC(=O)c1cccc(NC=C2C(=O)OC(C)(C)OC2=O)c1. The summed E-state index contributed by atoms with van der Waals surface area (Å²) in [6, 6.07) is 14.3. The molecule has 0 spiro atoms. The first-order chi connectivity index (χ1) is 13.8. The third-order valence-electron chi connectivity index (χ3n) is 4.27. The zero-order valence-corrected chi connectivity index (χ0v) is 16.4. The van der Waals surface area contributed by atoms with Gasteiger partial charge in [0.1, 0.15) is 0 Å². The van der Waals surface area contributed by atoms with Gasteiger partial charge in [0.2, 0.25) is 0 Å². The van der Waals surface area contributed by atoms with E-state index < -0.39 is 17.7 Å². The van der Waals surface area contributed by atoms with Gasteiger partial charge in [0.15, 0.2) is 5.57 Å². The number of nitrogens with one attached hydrogen (secondary N) is 2. The molecule has 7 heteroatoms. The van der Waals surface area contributed by atoms with Crippen molar-refractivity contribution >= 4 is 29.2 Å². The molecule has 1 aliphatic heterocycles. The fourth-order valence-electron chi connectivity index (χ4n) is 2.83. The lowest BCUT2D eigenvalue weighted by atomic mass is 10.1. The van der Waals surface area contributed by atoms with Crippen molar-refractivity contribution in [3.8, 4) is 0 Å². The first-order valence-corrected chi connectivity index (χ1v) is 9.22. The molecule has 2 aromatic carbocycles. The summed E-state index contributed by atoms with van der Waals surface area (Å²) >= 11 is 0. The highest BCUT2D eigenvalue weighted by Gasteiger charge is 2.38. The van der Waals surface area contributed by atoms with E-state index in [1.807, 2.05) is 31.2 Å². The second kappa shape index (κ2) is 8.18. The Kier molecular flexibility index (Phi) is 5.68. The maximum Gasteiger partial charge on any atom is 0.350 e. The van der Waals surface area contributed by atoms with Gasteiger partial charge in [-0.15, -0.1) is 0 Å². The minimum absolute atomic E-state index is 0.254. The summed E-state index contributed by atoms with van der Waals surface area (Å²) in [6.07, 6.45) is 2.01. The van der Waals surface area contributed by atoms with Crippen molar-refractivity contribution in [2.75, 3.05) is 10.6 Å². The Labute approximate surface area is 168 Å². The zero-order valence-electron chi connectivity index (χ0n) is 16.4. The Bertz CT molecular complexity index is 972. The number of para-hydroxylation sites is 1. The molecule has 0 bridgehead atoms. The average Bonchev–Trinajstić information content (AvgIpc) is 2.67. The summed E-state index contributed by atoms with van der Waals surface area (Å²) < 4.78 is 10.1. The molecule has 3 rings (SSSR count). The number of hydrogen-bond acceptors (Lipinski definition) is 6. The molecule has 150 valence electrons. The lowest BCUT2D eigenvalue weighted by Crippen LogP contribution is -2.42. The van der Waals surface area contributed by atoms with E-state index in [1.54, 1.807) is 24.3 Å². The fourth-order valence-corrected chi connectivity index (χ4v) is 2.83. The number of aryl methyl sites for hydroxylation is 1. The van der Waals surface area contributed by atoms with Gasteiger partial charge < -0.3 is 20.1 Å². The molecule has 1 heterocycles. The Morgan fingerprint density at radius 3 is 2.41 bits per heavy atom. The predicted molar refractivity (Wildman–Crippen MR) is 108 cm³/mol. The van der Waals surface area contributed by atoms with Crippen LogP contribution in [0, 0.1) is 0 Å². The van der Waals surface area contributed by atoms with E-state index in [1.165, 1.54) is 20.0 Å². The minimum atomic E-state index is -1.29. The predicted octanol–water partition coefficient (Wildman–Crippen LogP) is 3.63. The van der Waals surface area contributed by atoms with Gasteiger partial charge in [0.05, 0.1) is 0 Å². The fraction of sp³-hybridized carbons (Fsp3) is 0.227. The van der Waals surface area contributed by atoms with Crippen molar-refractivity contribution in [2.24, 2.45) is 0 Å². The van der Waals surface area contributed by atoms with Crippen molar-refractivity contribution in [2.45, 2.75) is 33.0 Å². The number of cyclic esters (lactones) is 2. The first kappa shape index (κ1) is 20.1. The Morgan fingerprint density at radius 1 is 1.03 bits per heavy atom. The molecule has 29 heavy (non-hydrogen) atoms. The summed E-state index contributed by atoms with van der Waals surface area (Å²) in [5, 5.41) is 5.74. The highest BCUT2D eigenvalue weighted by atomic mass is 16.7. The molecule has 2 N–H and O–H groups in total. The Balaban J connectivity index is 1.74. The molecule has 1 saturated heterocycles. The topological polar surface area (TPSA) is 93.7 Å². The van der Waals surface area contributed by atoms with Crippen LogP contribution in [0.2, 0.25) is 0 Å². The van der Waals surface area contributed by atoms with Crippen molar-refractivity contribution in [1.29, 1.82) is 0 Å². The molecule has 0 unspecified atom stereocenters. The summed E-state index contributed by atoms with van der Waals surface area (Å²) in [7, 11) is 0. The van der Waals surface area contributed by atoms with Gasteiger partial charge in [-0.1, -0.05) is 31.2 Å². The minimum Gasteiger partial charge on any atom is -0.419 e. The van der Waals surface area contributed by atoms with Crippen LogP contribution in [0.15, 0.2) is 60.3 Å². The van der Waals surface area contributed by atoms with E-state index in [0.717, 1.165) is 17.7 Å². The molecular formula is C22H22N2O5. The highest BCUT2D eigenvalue weighted by molar-refractivity contribution is 6.15. The lowest BCUT2D eigenvalue weighted by Gasteiger charge is -2.29. The molecule has 0 atom stereocenters. The number of amides is 1. The van der Waals surface area contributed by atoms with Crippen LogP contribution >= 0.6 is 0 Å². The number of carbonyl (C=O) groups excluding carboxylic acids is 3. The molecule has 1 fully saturated rings. The molecule has 7 nitrogen and oxygen atoms in total.